The van der Waals surface area contributed by atoms with Gasteiger partial charge < -0.3 is 5.11 Å². The highest BCUT2D eigenvalue weighted by atomic mass is 35.5. The third-order valence-electron chi connectivity index (χ3n) is 2.98. The largest absolute Gasteiger partial charge is 0.481 e. The Morgan fingerprint density at radius 2 is 2.19 bits per heavy atom. The number of carbonyl (C=O) groups is 1. The second-order valence-electron chi connectivity index (χ2n) is 4.03. The zero-order chi connectivity index (χ0) is 11.5. The van der Waals surface area contributed by atoms with Crippen LogP contribution in [-0.2, 0) is 4.79 Å². The van der Waals surface area contributed by atoms with Crippen molar-refractivity contribution in [3.05, 3.63) is 41.5 Å². The number of hydrogen-bond acceptors (Lipinski definition) is 1. The maximum atomic E-state index is 10.8. The summed E-state index contributed by atoms with van der Waals surface area (Å²) in [6.45, 7) is 0. The van der Waals surface area contributed by atoms with E-state index in [2.05, 4.69) is 6.08 Å². The Balaban J connectivity index is 2.23. The first kappa shape index (κ1) is 11.2. The van der Waals surface area contributed by atoms with Gasteiger partial charge in [0.05, 0.1) is 6.42 Å². The number of halogens is 1. The maximum absolute atomic E-state index is 10.8. The topological polar surface area (TPSA) is 37.3 Å². The van der Waals surface area contributed by atoms with Gasteiger partial charge in [0, 0.05) is 11.8 Å². The summed E-state index contributed by atoms with van der Waals surface area (Å²) >= 11 is 5.86. The van der Waals surface area contributed by atoms with Crippen molar-refractivity contribution in [1.82, 2.24) is 0 Å². The fourth-order valence-electron chi connectivity index (χ4n) is 2.19. The monoisotopic (exact) mass is 236 g/mol. The van der Waals surface area contributed by atoms with Crippen LogP contribution in [0.25, 0.3) is 6.08 Å². The van der Waals surface area contributed by atoms with Crippen molar-refractivity contribution in [3.8, 4) is 0 Å². The van der Waals surface area contributed by atoms with Crippen LogP contribution in [0, 0.1) is 5.92 Å². The Morgan fingerprint density at radius 3 is 2.88 bits per heavy atom. The highest BCUT2D eigenvalue weighted by Crippen LogP contribution is 2.37. The molecule has 0 fully saturated rings. The van der Waals surface area contributed by atoms with E-state index in [-0.39, 0.29) is 18.3 Å². The highest BCUT2D eigenvalue weighted by molar-refractivity contribution is 6.18. The molecule has 1 aliphatic carbocycles. The lowest BCUT2D eigenvalue weighted by Crippen LogP contribution is -2.16. The number of alkyl halides is 1. The first-order chi connectivity index (χ1) is 7.72. The lowest BCUT2D eigenvalue weighted by Gasteiger charge is -2.19. The minimum atomic E-state index is -0.788. The molecule has 0 bridgehead atoms. The van der Waals surface area contributed by atoms with Crippen molar-refractivity contribution in [2.24, 2.45) is 5.92 Å². The lowest BCUT2D eigenvalue weighted by atomic mass is 9.87. The van der Waals surface area contributed by atoms with Crippen LogP contribution in [0.2, 0.25) is 0 Å². The summed E-state index contributed by atoms with van der Waals surface area (Å²) in [6, 6.07) is 8.04. The predicted molar refractivity (Wildman–Crippen MR) is 64.7 cm³/mol. The van der Waals surface area contributed by atoms with Crippen LogP contribution in [0.15, 0.2) is 30.3 Å². The summed E-state index contributed by atoms with van der Waals surface area (Å²) < 4.78 is 0. The summed E-state index contributed by atoms with van der Waals surface area (Å²) in [4.78, 5) is 10.8. The number of aliphatic carboxylic acids is 1. The van der Waals surface area contributed by atoms with E-state index in [1.165, 1.54) is 11.1 Å². The van der Waals surface area contributed by atoms with E-state index >= 15 is 0 Å². The molecule has 0 spiro atoms. The van der Waals surface area contributed by atoms with Crippen LogP contribution in [0.5, 0.6) is 0 Å². The van der Waals surface area contributed by atoms with Crippen molar-refractivity contribution in [1.29, 1.82) is 0 Å². The predicted octanol–water partition coefficient (Wildman–Crippen LogP) is 3.13. The molecular formula is C13H13ClO2. The zero-order valence-corrected chi connectivity index (χ0v) is 9.52. The van der Waals surface area contributed by atoms with Crippen LogP contribution in [-0.4, -0.2) is 17.0 Å². The molecule has 1 aromatic carbocycles. The van der Waals surface area contributed by atoms with Crippen LogP contribution in [0.3, 0.4) is 0 Å². The molecule has 1 N–H and O–H groups in total. The Bertz CT molecular complexity index is 426. The average Bonchev–Trinajstić information content (AvgIpc) is 2.69. The molecule has 0 aromatic heterocycles. The maximum Gasteiger partial charge on any atom is 0.303 e. The second-order valence-corrected chi connectivity index (χ2v) is 4.33. The van der Waals surface area contributed by atoms with Gasteiger partial charge in [0.15, 0.2) is 0 Å². The van der Waals surface area contributed by atoms with Gasteiger partial charge in [-0.2, -0.15) is 0 Å². The van der Waals surface area contributed by atoms with E-state index in [1.807, 2.05) is 30.3 Å². The molecule has 2 nitrogen and oxygen atoms in total. The number of hydrogen-bond donors (Lipinski definition) is 1. The number of benzene rings is 1. The molecule has 2 rings (SSSR count). The molecular weight excluding hydrogens is 224 g/mol. The van der Waals surface area contributed by atoms with Crippen molar-refractivity contribution < 1.29 is 9.90 Å². The minimum Gasteiger partial charge on any atom is -0.481 e. The highest BCUT2D eigenvalue weighted by Gasteiger charge is 2.26. The van der Waals surface area contributed by atoms with Gasteiger partial charge in [0.1, 0.15) is 0 Å². The molecule has 1 aliphatic rings. The number of carboxylic acid groups (broad SMARTS) is 1. The number of rotatable bonds is 4. The summed E-state index contributed by atoms with van der Waals surface area (Å²) in [5.41, 5.74) is 2.36. The van der Waals surface area contributed by atoms with E-state index in [0.717, 1.165) is 0 Å². The molecule has 0 amide bonds. The molecule has 16 heavy (non-hydrogen) atoms. The quantitative estimate of drug-likeness (QED) is 0.816. The smallest absolute Gasteiger partial charge is 0.303 e. The third kappa shape index (κ3) is 2.12. The van der Waals surface area contributed by atoms with Crippen LogP contribution in [0.4, 0.5) is 0 Å². The second kappa shape index (κ2) is 4.71. The Hall–Kier alpha value is -1.28. The van der Waals surface area contributed by atoms with Crippen LogP contribution >= 0.6 is 11.6 Å². The zero-order valence-electron chi connectivity index (χ0n) is 8.77. The van der Waals surface area contributed by atoms with Crippen LogP contribution in [0.1, 0.15) is 23.5 Å². The van der Waals surface area contributed by atoms with Gasteiger partial charge in [0.25, 0.3) is 0 Å². The SMILES string of the molecule is O=C(O)CC(CCl)C1C=Cc2ccccc21. The molecule has 1 aromatic rings. The Kier molecular flexibility index (Phi) is 3.30. The van der Waals surface area contributed by atoms with Crippen molar-refractivity contribution in [2.45, 2.75) is 12.3 Å². The van der Waals surface area contributed by atoms with Gasteiger partial charge >= 0.3 is 5.97 Å². The van der Waals surface area contributed by atoms with Gasteiger partial charge in [-0.05, 0) is 17.0 Å². The van der Waals surface area contributed by atoms with Gasteiger partial charge in [-0.25, -0.2) is 0 Å². The summed E-state index contributed by atoms with van der Waals surface area (Å²) in [5, 5.41) is 8.84. The third-order valence-corrected chi connectivity index (χ3v) is 3.38. The fraction of sp³-hybridized carbons (Fsp3) is 0.308. The standard InChI is InChI=1S/C13H13ClO2/c14-8-10(7-13(15)16)12-6-5-9-3-1-2-4-11(9)12/h1-6,10,12H,7-8H2,(H,15,16). The fourth-order valence-corrected chi connectivity index (χ4v) is 2.49. The lowest BCUT2D eigenvalue weighted by molar-refractivity contribution is -0.138. The van der Waals surface area contributed by atoms with Crippen molar-refractivity contribution in [3.63, 3.8) is 0 Å². The summed E-state index contributed by atoms with van der Waals surface area (Å²) in [5.74, 6) is -0.303. The van der Waals surface area contributed by atoms with E-state index in [9.17, 15) is 4.79 Å². The van der Waals surface area contributed by atoms with Gasteiger partial charge in [0.2, 0.25) is 0 Å². The molecule has 3 heteroatoms. The van der Waals surface area contributed by atoms with E-state index in [1.54, 1.807) is 0 Å². The van der Waals surface area contributed by atoms with Crippen molar-refractivity contribution in [2.75, 3.05) is 5.88 Å². The van der Waals surface area contributed by atoms with Gasteiger partial charge in [-0.1, -0.05) is 36.4 Å². The number of allylic oxidation sites excluding steroid dienone is 1. The summed E-state index contributed by atoms with van der Waals surface area (Å²) in [6.07, 6.45) is 4.22. The molecule has 0 heterocycles. The number of carboxylic acids is 1. The number of fused-ring (bicyclic) bond motifs is 1. The molecule has 0 radical (unpaired) electrons. The molecule has 2 atom stereocenters. The molecule has 0 saturated heterocycles. The Morgan fingerprint density at radius 1 is 1.44 bits per heavy atom. The van der Waals surface area contributed by atoms with E-state index in [0.29, 0.717) is 5.88 Å². The molecule has 0 saturated carbocycles. The first-order valence-corrected chi connectivity index (χ1v) is 5.80. The molecule has 0 aliphatic heterocycles. The normalized spacial score (nSPS) is 19.4. The minimum absolute atomic E-state index is 0.0286. The molecule has 2 unspecified atom stereocenters. The van der Waals surface area contributed by atoms with E-state index in [4.69, 9.17) is 16.7 Å². The summed E-state index contributed by atoms with van der Waals surface area (Å²) in [7, 11) is 0. The molecule has 84 valence electrons. The van der Waals surface area contributed by atoms with Gasteiger partial charge in [-0.15, -0.1) is 11.6 Å². The first-order valence-electron chi connectivity index (χ1n) is 5.27. The van der Waals surface area contributed by atoms with Crippen molar-refractivity contribution >= 4 is 23.6 Å². The Labute approximate surface area is 99.5 Å². The average molecular weight is 237 g/mol. The van der Waals surface area contributed by atoms with Crippen LogP contribution < -0.4 is 0 Å². The van der Waals surface area contributed by atoms with Gasteiger partial charge in [-0.3, -0.25) is 4.79 Å². The van der Waals surface area contributed by atoms with E-state index < -0.39 is 5.97 Å².